The highest BCUT2D eigenvalue weighted by molar-refractivity contribution is 5.83. The third-order valence-corrected chi connectivity index (χ3v) is 7.73. The summed E-state index contributed by atoms with van der Waals surface area (Å²) in [4.78, 5) is 15.6. The first-order valence-corrected chi connectivity index (χ1v) is 10.6. The maximum Gasteiger partial charge on any atom is 0.229 e. The van der Waals surface area contributed by atoms with Gasteiger partial charge in [0.2, 0.25) is 5.91 Å². The molecule has 4 nitrogen and oxygen atoms in total. The lowest BCUT2D eigenvalue weighted by atomic mass is 9.49. The first kappa shape index (κ1) is 16.8. The largest absolute Gasteiger partial charge is 0.356 e. The van der Waals surface area contributed by atoms with E-state index < -0.39 is 0 Å². The predicted molar refractivity (Wildman–Crippen MR) is 102 cm³/mol. The molecule has 28 heavy (non-hydrogen) atoms. The Morgan fingerprint density at radius 2 is 1.71 bits per heavy atom. The van der Waals surface area contributed by atoms with Crippen molar-refractivity contribution in [3.8, 4) is 11.3 Å². The quantitative estimate of drug-likeness (QED) is 0.766. The second-order valence-corrected chi connectivity index (χ2v) is 9.62. The summed E-state index contributed by atoms with van der Waals surface area (Å²) in [6.07, 6.45) is 8.09. The van der Waals surface area contributed by atoms with Crippen LogP contribution in [0.25, 0.3) is 11.3 Å². The fourth-order valence-corrected chi connectivity index (χ4v) is 6.94. The zero-order valence-electron chi connectivity index (χ0n) is 16.0. The van der Waals surface area contributed by atoms with Gasteiger partial charge in [0, 0.05) is 17.7 Å². The number of aromatic nitrogens is 1. The van der Waals surface area contributed by atoms with Crippen LogP contribution >= 0.6 is 0 Å². The van der Waals surface area contributed by atoms with Crippen LogP contribution in [0.15, 0.2) is 28.8 Å². The predicted octanol–water partition coefficient (Wildman–Crippen LogP) is 4.58. The average Bonchev–Trinajstić information content (AvgIpc) is 3.10. The van der Waals surface area contributed by atoms with E-state index >= 15 is 0 Å². The summed E-state index contributed by atoms with van der Waals surface area (Å²) in [5.41, 5.74) is 2.68. The van der Waals surface area contributed by atoms with Crippen molar-refractivity contribution in [1.29, 1.82) is 0 Å². The van der Waals surface area contributed by atoms with E-state index in [0.29, 0.717) is 12.5 Å². The molecule has 0 spiro atoms. The zero-order valence-corrected chi connectivity index (χ0v) is 16.0. The van der Waals surface area contributed by atoms with Crippen LogP contribution in [0.4, 0.5) is 4.39 Å². The highest BCUT2D eigenvalue weighted by atomic mass is 19.1. The van der Waals surface area contributed by atoms with E-state index in [0.717, 1.165) is 72.6 Å². The van der Waals surface area contributed by atoms with Crippen LogP contribution in [0.3, 0.4) is 0 Å². The lowest BCUT2D eigenvalue weighted by Crippen LogP contribution is -2.55. The molecule has 0 saturated heterocycles. The van der Waals surface area contributed by atoms with Crippen molar-refractivity contribution in [2.75, 3.05) is 6.54 Å². The number of carbonyl (C=O) groups excluding carboxylic acids is 1. The van der Waals surface area contributed by atoms with Gasteiger partial charge in [-0.1, -0.05) is 5.16 Å². The molecule has 0 radical (unpaired) electrons. The van der Waals surface area contributed by atoms with E-state index in [1.807, 2.05) is 4.90 Å². The molecule has 146 valence electrons. The number of amides is 1. The average molecular weight is 380 g/mol. The van der Waals surface area contributed by atoms with Gasteiger partial charge >= 0.3 is 0 Å². The summed E-state index contributed by atoms with van der Waals surface area (Å²) in [6.45, 7) is 1.27. The van der Waals surface area contributed by atoms with Crippen molar-refractivity contribution in [2.24, 2.45) is 23.2 Å². The molecular weight excluding hydrogens is 355 g/mol. The number of hydrogen-bond donors (Lipinski definition) is 0. The number of nitrogens with zero attached hydrogens (tertiary/aromatic N) is 2. The van der Waals surface area contributed by atoms with E-state index in [1.54, 1.807) is 12.1 Å². The molecular formula is C23H25FN2O2. The maximum atomic E-state index is 13.6. The highest BCUT2D eigenvalue weighted by Crippen LogP contribution is 2.60. The van der Waals surface area contributed by atoms with Crippen LogP contribution in [0.1, 0.15) is 49.8 Å². The van der Waals surface area contributed by atoms with Crippen LogP contribution in [0.5, 0.6) is 0 Å². The Balaban J connectivity index is 1.25. The van der Waals surface area contributed by atoms with Crippen LogP contribution < -0.4 is 0 Å². The van der Waals surface area contributed by atoms with Gasteiger partial charge in [-0.2, -0.15) is 0 Å². The number of benzene rings is 1. The molecule has 0 N–H and O–H groups in total. The van der Waals surface area contributed by atoms with Gasteiger partial charge in [0.15, 0.2) is 5.76 Å². The standard InChI is InChI=1S/C23H25FN2O2/c24-18-3-1-17(2-4-18)21-19-5-6-26(13-20(19)25-28-21)22(27)23-10-14-7-15(11-23)9-16(8-14)12-23/h1-4,14-16H,5-13H2. The fourth-order valence-electron chi connectivity index (χ4n) is 6.94. The van der Waals surface area contributed by atoms with Crippen molar-refractivity contribution < 1.29 is 13.7 Å². The highest BCUT2D eigenvalue weighted by Gasteiger charge is 2.55. The summed E-state index contributed by atoms with van der Waals surface area (Å²) in [7, 11) is 0. The molecule has 1 aliphatic heterocycles. The van der Waals surface area contributed by atoms with Crippen molar-refractivity contribution >= 4 is 5.91 Å². The topological polar surface area (TPSA) is 46.3 Å². The molecule has 2 aromatic rings. The molecule has 7 rings (SSSR count). The van der Waals surface area contributed by atoms with Crippen molar-refractivity contribution in [3.05, 3.63) is 41.3 Å². The Hall–Kier alpha value is -2.17. The zero-order chi connectivity index (χ0) is 18.9. The van der Waals surface area contributed by atoms with Gasteiger partial charge in [-0.05, 0) is 87.0 Å². The van der Waals surface area contributed by atoms with Crippen LogP contribution in [0.2, 0.25) is 0 Å². The summed E-state index contributed by atoms with van der Waals surface area (Å²) in [5, 5.41) is 4.27. The molecule has 0 unspecified atom stereocenters. The molecule has 2 heterocycles. The third kappa shape index (κ3) is 2.48. The first-order valence-electron chi connectivity index (χ1n) is 10.6. The number of halogens is 1. The van der Waals surface area contributed by atoms with E-state index in [9.17, 15) is 9.18 Å². The molecule has 1 amide bonds. The monoisotopic (exact) mass is 380 g/mol. The summed E-state index contributed by atoms with van der Waals surface area (Å²) < 4.78 is 18.8. The Bertz CT molecular complexity index is 897. The Morgan fingerprint density at radius 3 is 2.36 bits per heavy atom. The SMILES string of the molecule is O=C(N1CCc2c(noc2-c2ccc(F)cc2)C1)C12CC3CC(CC(C3)C1)C2. The smallest absolute Gasteiger partial charge is 0.229 e. The minimum atomic E-state index is -0.260. The third-order valence-electron chi connectivity index (χ3n) is 7.73. The number of carbonyl (C=O) groups is 1. The molecule has 4 fully saturated rings. The van der Waals surface area contributed by atoms with Gasteiger partial charge in [0.25, 0.3) is 0 Å². The second kappa shape index (κ2) is 5.91. The Kier molecular flexibility index (Phi) is 3.54. The van der Waals surface area contributed by atoms with Gasteiger partial charge in [0.1, 0.15) is 11.5 Å². The Labute approximate surface area is 164 Å². The van der Waals surface area contributed by atoms with Gasteiger partial charge < -0.3 is 9.42 Å². The molecule has 5 heteroatoms. The maximum absolute atomic E-state index is 13.6. The van der Waals surface area contributed by atoms with Crippen molar-refractivity contribution in [3.63, 3.8) is 0 Å². The van der Waals surface area contributed by atoms with Crippen LogP contribution in [-0.2, 0) is 17.8 Å². The summed E-state index contributed by atoms with van der Waals surface area (Å²) in [6, 6.07) is 6.33. The summed E-state index contributed by atoms with van der Waals surface area (Å²) in [5.74, 6) is 3.14. The first-order chi connectivity index (χ1) is 13.6. The van der Waals surface area contributed by atoms with Gasteiger partial charge in [-0.3, -0.25) is 4.79 Å². The lowest BCUT2D eigenvalue weighted by Gasteiger charge is -2.56. The number of fused-ring (bicyclic) bond motifs is 1. The molecule has 4 bridgehead atoms. The number of rotatable bonds is 2. The molecule has 1 aromatic carbocycles. The fraction of sp³-hybridized carbons (Fsp3) is 0.565. The summed E-state index contributed by atoms with van der Waals surface area (Å²) >= 11 is 0. The van der Waals surface area contributed by atoms with Crippen molar-refractivity contribution in [2.45, 2.75) is 51.5 Å². The van der Waals surface area contributed by atoms with Gasteiger partial charge in [-0.15, -0.1) is 0 Å². The second-order valence-electron chi connectivity index (χ2n) is 9.62. The van der Waals surface area contributed by atoms with E-state index in [-0.39, 0.29) is 11.2 Å². The molecule has 1 aromatic heterocycles. The van der Waals surface area contributed by atoms with Crippen LogP contribution in [-0.4, -0.2) is 22.5 Å². The number of hydrogen-bond acceptors (Lipinski definition) is 3. The van der Waals surface area contributed by atoms with E-state index in [4.69, 9.17) is 4.52 Å². The van der Waals surface area contributed by atoms with Crippen LogP contribution in [0, 0.1) is 29.0 Å². The van der Waals surface area contributed by atoms with E-state index in [2.05, 4.69) is 5.16 Å². The molecule has 5 aliphatic rings. The molecule has 4 aliphatic carbocycles. The van der Waals surface area contributed by atoms with E-state index in [1.165, 1.54) is 31.4 Å². The normalized spacial score (nSPS) is 33.2. The van der Waals surface area contributed by atoms with Gasteiger partial charge in [0.05, 0.1) is 12.0 Å². The minimum Gasteiger partial charge on any atom is -0.356 e. The lowest BCUT2D eigenvalue weighted by molar-refractivity contribution is -0.158. The molecule has 4 saturated carbocycles. The van der Waals surface area contributed by atoms with Gasteiger partial charge in [-0.25, -0.2) is 4.39 Å². The van der Waals surface area contributed by atoms with Crippen molar-refractivity contribution in [1.82, 2.24) is 10.1 Å². The molecule has 0 atom stereocenters. The minimum absolute atomic E-state index is 0.101. The Morgan fingerprint density at radius 1 is 1.07 bits per heavy atom.